The highest BCUT2D eigenvalue weighted by Gasteiger charge is 2.15. The van der Waals surface area contributed by atoms with Crippen LogP contribution in [0.1, 0.15) is 23.1 Å². The van der Waals surface area contributed by atoms with Gasteiger partial charge in [-0.05, 0) is 29.8 Å². The van der Waals surface area contributed by atoms with E-state index in [1.165, 1.54) is 0 Å². The molecular weight excluding hydrogens is 340 g/mol. The first-order valence-electron chi connectivity index (χ1n) is 9.03. The number of pyridine rings is 1. The standard InChI is InChI=1S/C20H24N6O/c21-5-1-6-24-14-15-2-3-18(22)17(12-15)20(23)16-4-7-25-19(13-16)26-8-10-27-11-9-26/h2-4,7,12-13,23-24H,1,6,8-11,14,22H2. The molecule has 0 amide bonds. The van der Waals surface area contributed by atoms with Gasteiger partial charge in [0.05, 0.1) is 25.0 Å². The third-order valence-electron chi connectivity index (χ3n) is 4.50. The summed E-state index contributed by atoms with van der Waals surface area (Å²) in [4.78, 5) is 6.61. The van der Waals surface area contributed by atoms with E-state index in [4.69, 9.17) is 21.1 Å². The van der Waals surface area contributed by atoms with Crippen molar-refractivity contribution < 1.29 is 4.74 Å². The number of nitriles is 1. The molecule has 0 radical (unpaired) electrons. The average molecular weight is 364 g/mol. The van der Waals surface area contributed by atoms with E-state index in [0.29, 0.717) is 49.7 Å². The molecule has 7 heteroatoms. The van der Waals surface area contributed by atoms with Crippen LogP contribution < -0.4 is 16.0 Å². The Morgan fingerprint density at radius 3 is 2.89 bits per heavy atom. The number of nitrogens with one attached hydrogen (secondary N) is 2. The molecule has 1 aromatic heterocycles. The molecule has 4 N–H and O–H groups in total. The Balaban J connectivity index is 1.77. The smallest absolute Gasteiger partial charge is 0.129 e. The van der Waals surface area contributed by atoms with Crippen molar-refractivity contribution >= 4 is 17.2 Å². The summed E-state index contributed by atoms with van der Waals surface area (Å²) >= 11 is 0. The lowest BCUT2D eigenvalue weighted by atomic mass is 9.99. The molecule has 0 bridgehead atoms. The lowest BCUT2D eigenvalue weighted by molar-refractivity contribution is 0.122. The van der Waals surface area contributed by atoms with Gasteiger partial charge >= 0.3 is 0 Å². The molecule has 2 heterocycles. The van der Waals surface area contributed by atoms with Crippen molar-refractivity contribution in [1.29, 1.82) is 10.7 Å². The Kier molecular flexibility index (Phi) is 6.36. The van der Waals surface area contributed by atoms with Gasteiger partial charge in [-0.25, -0.2) is 4.98 Å². The number of hydrogen-bond donors (Lipinski definition) is 3. The van der Waals surface area contributed by atoms with Gasteiger partial charge in [-0.2, -0.15) is 5.26 Å². The SMILES string of the molecule is N#CCCNCc1ccc(N)c(C(=N)c2ccnc(N3CCOCC3)c2)c1. The second-order valence-corrected chi connectivity index (χ2v) is 6.38. The van der Waals surface area contributed by atoms with E-state index in [9.17, 15) is 0 Å². The molecule has 0 saturated carbocycles. The maximum absolute atomic E-state index is 8.65. The van der Waals surface area contributed by atoms with Crippen molar-refractivity contribution in [2.45, 2.75) is 13.0 Å². The van der Waals surface area contributed by atoms with Crippen molar-refractivity contribution in [1.82, 2.24) is 10.3 Å². The minimum atomic E-state index is 0.378. The van der Waals surface area contributed by atoms with Crippen molar-refractivity contribution in [3.63, 3.8) is 0 Å². The number of benzene rings is 1. The highest BCUT2D eigenvalue weighted by atomic mass is 16.5. The van der Waals surface area contributed by atoms with Crippen LogP contribution >= 0.6 is 0 Å². The van der Waals surface area contributed by atoms with E-state index in [1.54, 1.807) is 6.20 Å². The molecule has 0 spiro atoms. The van der Waals surface area contributed by atoms with Gasteiger partial charge in [0.1, 0.15) is 5.82 Å². The van der Waals surface area contributed by atoms with Crippen LogP contribution in [-0.4, -0.2) is 43.5 Å². The minimum absolute atomic E-state index is 0.378. The van der Waals surface area contributed by atoms with Gasteiger partial charge in [-0.15, -0.1) is 0 Å². The normalized spacial score (nSPS) is 14.0. The maximum Gasteiger partial charge on any atom is 0.129 e. The number of aromatic nitrogens is 1. The second-order valence-electron chi connectivity index (χ2n) is 6.38. The van der Waals surface area contributed by atoms with Gasteiger partial charge in [0.25, 0.3) is 0 Å². The summed E-state index contributed by atoms with van der Waals surface area (Å²) in [6, 6.07) is 11.6. The fraction of sp³-hybridized carbons (Fsp3) is 0.350. The zero-order valence-electron chi connectivity index (χ0n) is 15.2. The fourth-order valence-corrected chi connectivity index (χ4v) is 3.00. The molecule has 1 aliphatic heterocycles. The van der Waals surface area contributed by atoms with Crippen LogP contribution in [0.2, 0.25) is 0 Å². The van der Waals surface area contributed by atoms with Gasteiger partial charge in [-0.1, -0.05) is 6.07 Å². The van der Waals surface area contributed by atoms with Gasteiger partial charge in [-0.3, -0.25) is 5.41 Å². The summed E-state index contributed by atoms with van der Waals surface area (Å²) in [6.07, 6.45) is 2.21. The number of rotatable bonds is 7. The van der Waals surface area contributed by atoms with E-state index < -0.39 is 0 Å². The predicted octanol–water partition coefficient (Wildman–Crippen LogP) is 1.92. The fourth-order valence-electron chi connectivity index (χ4n) is 3.00. The molecule has 1 saturated heterocycles. The second kappa shape index (κ2) is 9.12. The number of nitrogen functional groups attached to an aromatic ring is 1. The van der Waals surface area contributed by atoms with Gasteiger partial charge < -0.3 is 20.7 Å². The highest BCUT2D eigenvalue weighted by Crippen LogP contribution is 2.21. The Morgan fingerprint density at radius 2 is 2.11 bits per heavy atom. The average Bonchev–Trinajstić information content (AvgIpc) is 2.72. The molecule has 1 aliphatic rings. The van der Waals surface area contributed by atoms with Crippen LogP contribution in [0, 0.1) is 16.7 Å². The third-order valence-corrected chi connectivity index (χ3v) is 4.50. The summed E-state index contributed by atoms with van der Waals surface area (Å²) < 4.78 is 5.39. The summed E-state index contributed by atoms with van der Waals surface area (Å²) in [5, 5.41) is 20.5. The van der Waals surface area contributed by atoms with E-state index in [-0.39, 0.29) is 0 Å². The van der Waals surface area contributed by atoms with Crippen LogP contribution in [0.4, 0.5) is 11.5 Å². The molecule has 140 valence electrons. The number of anilines is 2. The molecule has 0 atom stereocenters. The van der Waals surface area contributed by atoms with Crippen LogP contribution in [0.5, 0.6) is 0 Å². The molecule has 0 aliphatic carbocycles. The largest absolute Gasteiger partial charge is 0.398 e. The van der Waals surface area contributed by atoms with E-state index in [2.05, 4.69) is 21.3 Å². The minimum Gasteiger partial charge on any atom is -0.398 e. The van der Waals surface area contributed by atoms with Crippen LogP contribution in [-0.2, 0) is 11.3 Å². The first-order valence-corrected chi connectivity index (χ1v) is 9.03. The Labute approximate surface area is 159 Å². The molecule has 1 aromatic carbocycles. The lowest BCUT2D eigenvalue weighted by Gasteiger charge is -2.28. The first kappa shape index (κ1) is 18.8. The predicted molar refractivity (Wildman–Crippen MR) is 106 cm³/mol. The zero-order valence-corrected chi connectivity index (χ0v) is 15.2. The Hall–Kier alpha value is -2.95. The summed E-state index contributed by atoms with van der Waals surface area (Å²) in [6.45, 7) is 4.26. The molecule has 27 heavy (non-hydrogen) atoms. The molecular formula is C20H24N6O. The topological polar surface area (TPSA) is 111 Å². The monoisotopic (exact) mass is 364 g/mol. The van der Waals surface area contributed by atoms with Crippen LogP contribution in [0.3, 0.4) is 0 Å². The molecule has 0 unspecified atom stereocenters. The summed E-state index contributed by atoms with van der Waals surface area (Å²) in [7, 11) is 0. The van der Waals surface area contributed by atoms with Crippen molar-refractivity contribution in [2.75, 3.05) is 43.5 Å². The van der Waals surface area contributed by atoms with Gasteiger partial charge in [0.2, 0.25) is 0 Å². The quantitative estimate of drug-likeness (QED) is 0.393. The van der Waals surface area contributed by atoms with E-state index in [1.807, 2.05) is 30.3 Å². The summed E-state index contributed by atoms with van der Waals surface area (Å²) in [5.41, 5.74) is 9.61. The number of morpholine rings is 1. The number of ether oxygens (including phenoxy) is 1. The molecule has 1 fully saturated rings. The van der Waals surface area contributed by atoms with Crippen LogP contribution in [0.15, 0.2) is 36.5 Å². The Morgan fingerprint density at radius 1 is 1.30 bits per heavy atom. The first-order chi connectivity index (χ1) is 13.2. The number of hydrogen-bond acceptors (Lipinski definition) is 7. The molecule has 2 aromatic rings. The third kappa shape index (κ3) is 4.82. The van der Waals surface area contributed by atoms with Gasteiger partial charge in [0, 0.05) is 55.6 Å². The number of nitrogens with zero attached hydrogens (tertiary/aromatic N) is 3. The van der Waals surface area contributed by atoms with E-state index >= 15 is 0 Å². The van der Waals surface area contributed by atoms with Crippen molar-refractivity contribution in [3.05, 3.63) is 53.2 Å². The molecule has 7 nitrogen and oxygen atoms in total. The number of nitrogens with two attached hydrogens (primary N) is 1. The van der Waals surface area contributed by atoms with E-state index in [0.717, 1.165) is 30.0 Å². The molecule has 3 rings (SSSR count). The van der Waals surface area contributed by atoms with Gasteiger partial charge in [0.15, 0.2) is 0 Å². The lowest BCUT2D eigenvalue weighted by Crippen LogP contribution is -2.36. The summed E-state index contributed by atoms with van der Waals surface area (Å²) in [5.74, 6) is 0.855. The van der Waals surface area contributed by atoms with Crippen LogP contribution in [0.25, 0.3) is 0 Å². The zero-order chi connectivity index (χ0) is 19.1. The van der Waals surface area contributed by atoms with Crippen molar-refractivity contribution in [2.24, 2.45) is 0 Å². The maximum atomic E-state index is 8.65. The van der Waals surface area contributed by atoms with Crippen molar-refractivity contribution in [3.8, 4) is 6.07 Å². The highest BCUT2D eigenvalue weighted by molar-refractivity contribution is 6.14. The Bertz CT molecular complexity index is 839.